The molecule has 0 fully saturated rings. The minimum Gasteiger partial charge on any atom is -0.396 e. The van der Waals surface area contributed by atoms with Crippen molar-refractivity contribution in [3.63, 3.8) is 0 Å². The van der Waals surface area contributed by atoms with Crippen LogP contribution in [-0.2, 0) is 41.8 Å². The van der Waals surface area contributed by atoms with Gasteiger partial charge in [-0.1, -0.05) is 37.3 Å². The van der Waals surface area contributed by atoms with E-state index in [0.29, 0.717) is 18.8 Å². The van der Waals surface area contributed by atoms with Crippen LogP contribution in [0.25, 0.3) is 0 Å². The standard InChI is InChI=1S/C13H15F2N5O3S.C8H10/c14-12(15)8-19-6-10(3-16-19)24(23)20-5-9-4-18(7-11(9)17-20)13(22)1-2-21;1-2-8-6-4-3-5-7-8/h3,5-6,12,21H,1-2,4,7-8H2;3-7H,2H2,1H3. The molecule has 1 amide bonds. The molecule has 1 unspecified atom stereocenters. The third-order valence-corrected chi connectivity index (χ3v) is 5.93. The van der Waals surface area contributed by atoms with Crippen LogP contribution < -0.4 is 0 Å². The molecule has 0 saturated heterocycles. The first-order valence-corrected chi connectivity index (χ1v) is 11.2. The Kier molecular flexibility index (Phi) is 8.23. The number of hydrogen-bond acceptors (Lipinski definition) is 5. The molecule has 2 aromatic heterocycles. The third kappa shape index (κ3) is 6.07. The van der Waals surface area contributed by atoms with Crippen molar-refractivity contribution >= 4 is 16.9 Å². The van der Waals surface area contributed by atoms with E-state index >= 15 is 0 Å². The highest BCUT2D eigenvalue weighted by atomic mass is 32.2. The highest BCUT2D eigenvalue weighted by molar-refractivity contribution is 7.83. The zero-order chi connectivity index (χ0) is 23.1. The van der Waals surface area contributed by atoms with Crippen molar-refractivity contribution in [3.05, 3.63) is 65.7 Å². The number of hydrogen-bond donors (Lipinski definition) is 1. The average molecular weight is 466 g/mol. The molecule has 1 N–H and O–H groups in total. The molecule has 1 aliphatic heterocycles. The van der Waals surface area contributed by atoms with Crippen LogP contribution in [0.1, 0.15) is 30.2 Å². The largest absolute Gasteiger partial charge is 0.396 e. The van der Waals surface area contributed by atoms with Crippen LogP contribution in [0.2, 0.25) is 0 Å². The fraction of sp³-hybridized carbons (Fsp3) is 0.381. The Morgan fingerprint density at radius 1 is 1.22 bits per heavy atom. The van der Waals surface area contributed by atoms with Crippen LogP contribution in [0, 0.1) is 0 Å². The van der Waals surface area contributed by atoms with E-state index in [9.17, 15) is 17.8 Å². The van der Waals surface area contributed by atoms with Crippen molar-refractivity contribution in [1.29, 1.82) is 0 Å². The normalized spacial score (nSPS) is 13.6. The number of aryl methyl sites for hydroxylation is 1. The summed E-state index contributed by atoms with van der Waals surface area (Å²) in [6.07, 6.45) is 2.79. The maximum absolute atomic E-state index is 12.4. The summed E-state index contributed by atoms with van der Waals surface area (Å²) in [5, 5.41) is 16.8. The maximum atomic E-state index is 12.4. The molecule has 0 aliphatic carbocycles. The number of carbonyl (C=O) groups excluding carboxylic acids is 1. The molecule has 3 heterocycles. The second-order valence-corrected chi connectivity index (χ2v) is 8.45. The van der Waals surface area contributed by atoms with Gasteiger partial charge >= 0.3 is 0 Å². The fourth-order valence-electron chi connectivity index (χ4n) is 3.14. The number of aromatic nitrogens is 4. The Balaban J connectivity index is 0.000000305. The van der Waals surface area contributed by atoms with Gasteiger partial charge in [0.1, 0.15) is 6.54 Å². The molecular weight excluding hydrogens is 440 g/mol. The fourth-order valence-corrected chi connectivity index (χ4v) is 4.10. The average Bonchev–Trinajstić information content (AvgIpc) is 3.49. The van der Waals surface area contributed by atoms with Gasteiger partial charge in [0.2, 0.25) is 5.91 Å². The molecule has 1 atom stereocenters. The maximum Gasteiger partial charge on any atom is 0.257 e. The zero-order valence-electron chi connectivity index (χ0n) is 17.6. The predicted octanol–water partition coefficient (Wildman–Crippen LogP) is 2.39. The lowest BCUT2D eigenvalue weighted by Crippen LogP contribution is -2.26. The van der Waals surface area contributed by atoms with Crippen LogP contribution in [0.15, 0.2) is 53.8 Å². The molecule has 0 bridgehead atoms. The number of alkyl halides is 2. The van der Waals surface area contributed by atoms with E-state index in [0.717, 1.165) is 16.7 Å². The molecule has 1 aromatic carbocycles. The molecule has 0 radical (unpaired) electrons. The molecule has 0 saturated carbocycles. The van der Waals surface area contributed by atoms with Gasteiger partial charge in [-0.2, -0.15) is 14.3 Å². The number of fused-ring (bicyclic) bond motifs is 1. The van der Waals surface area contributed by atoms with E-state index in [1.54, 1.807) is 11.1 Å². The van der Waals surface area contributed by atoms with Crippen LogP contribution in [0.4, 0.5) is 8.78 Å². The number of carbonyl (C=O) groups is 1. The molecule has 8 nitrogen and oxygen atoms in total. The molecule has 3 aromatic rings. The second kappa shape index (κ2) is 11.1. The summed E-state index contributed by atoms with van der Waals surface area (Å²) in [7, 11) is -1.69. The molecular formula is C21H25F2N5O3S. The number of aliphatic hydroxyl groups excluding tert-OH is 1. The lowest BCUT2D eigenvalue weighted by molar-refractivity contribution is -0.132. The van der Waals surface area contributed by atoms with Crippen LogP contribution in [0.3, 0.4) is 0 Å². The van der Waals surface area contributed by atoms with Gasteiger partial charge in [0.05, 0.1) is 29.9 Å². The van der Waals surface area contributed by atoms with Crippen LogP contribution in [-0.4, -0.2) is 52.1 Å². The molecule has 1 aliphatic rings. The molecule has 11 heteroatoms. The van der Waals surface area contributed by atoms with Gasteiger partial charge < -0.3 is 10.0 Å². The molecule has 4 rings (SSSR count). The van der Waals surface area contributed by atoms with Gasteiger partial charge in [0.15, 0.2) is 11.0 Å². The van der Waals surface area contributed by atoms with Gasteiger partial charge in [-0.15, -0.1) is 0 Å². The minimum atomic E-state index is -2.54. The number of nitrogens with zero attached hydrogens (tertiary/aromatic N) is 5. The Morgan fingerprint density at radius 2 is 1.97 bits per heavy atom. The summed E-state index contributed by atoms with van der Waals surface area (Å²) in [4.78, 5) is 13.6. The SMILES string of the molecule is CCc1ccccc1.O=C(CCO)N1Cc2cn(S(=O)c3cnn(CC(F)F)c3)nc2C1. The Bertz CT molecular complexity index is 1030. The number of amides is 1. The number of aliphatic hydroxyl groups is 1. The van der Waals surface area contributed by atoms with E-state index in [-0.39, 0.29) is 23.8 Å². The Morgan fingerprint density at radius 3 is 2.56 bits per heavy atom. The smallest absolute Gasteiger partial charge is 0.257 e. The zero-order valence-corrected chi connectivity index (χ0v) is 18.4. The van der Waals surface area contributed by atoms with Gasteiger partial charge in [0, 0.05) is 30.9 Å². The minimum absolute atomic E-state index is 0.0551. The van der Waals surface area contributed by atoms with Crippen molar-refractivity contribution in [2.75, 3.05) is 6.61 Å². The quantitative estimate of drug-likeness (QED) is 0.578. The lowest BCUT2D eigenvalue weighted by atomic mass is 10.2. The topological polar surface area (TPSA) is 93.3 Å². The van der Waals surface area contributed by atoms with E-state index in [4.69, 9.17) is 5.11 Å². The van der Waals surface area contributed by atoms with E-state index < -0.39 is 24.0 Å². The van der Waals surface area contributed by atoms with Crippen molar-refractivity contribution in [2.45, 2.75) is 50.7 Å². The number of benzene rings is 1. The number of halogens is 2. The summed E-state index contributed by atoms with van der Waals surface area (Å²) in [6, 6.07) is 10.5. The first-order valence-electron chi connectivity index (χ1n) is 10.1. The Labute approximate surface area is 187 Å². The first-order chi connectivity index (χ1) is 15.4. The van der Waals surface area contributed by atoms with Crippen molar-refractivity contribution in [1.82, 2.24) is 23.9 Å². The first kappa shape index (κ1) is 23.7. The van der Waals surface area contributed by atoms with Gasteiger partial charge in [-0.25, -0.2) is 13.0 Å². The number of rotatable bonds is 7. The van der Waals surface area contributed by atoms with E-state index in [2.05, 4.69) is 41.4 Å². The summed E-state index contributed by atoms with van der Waals surface area (Å²) in [6.45, 7) is 2.03. The van der Waals surface area contributed by atoms with Crippen molar-refractivity contribution in [3.8, 4) is 0 Å². The highest BCUT2D eigenvalue weighted by Crippen LogP contribution is 2.23. The lowest BCUT2D eigenvalue weighted by Gasteiger charge is -2.14. The van der Waals surface area contributed by atoms with Crippen LogP contribution in [0.5, 0.6) is 0 Å². The third-order valence-electron chi connectivity index (χ3n) is 4.79. The predicted molar refractivity (Wildman–Crippen MR) is 114 cm³/mol. The molecule has 32 heavy (non-hydrogen) atoms. The van der Waals surface area contributed by atoms with Crippen molar-refractivity contribution < 1.29 is 22.9 Å². The summed E-state index contributed by atoms with van der Waals surface area (Å²) in [5.74, 6) is -0.170. The highest BCUT2D eigenvalue weighted by Gasteiger charge is 2.27. The summed E-state index contributed by atoms with van der Waals surface area (Å²) < 4.78 is 39.3. The van der Waals surface area contributed by atoms with Crippen LogP contribution >= 0.6 is 0 Å². The van der Waals surface area contributed by atoms with Gasteiger partial charge in [-0.3, -0.25) is 9.48 Å². The summed E-state index contributed by atoms with van der Waals surface area (Å²) in [5.41, 5.74) is 2.82. The van der Waals surface area contributed by atoms with E-state index in [1.165, 1.54) is 22.0 Å². The summed E-state index contributed by atoms with van der Waals surface area (Å²) >= 11 is 0. The van der Waals surface area contributed by atoms with Gasteiger partial charge in [-0.05, 0) is 12.0 Å². The second-order valence-electron chi connectivity index (χ2n) is 7.10. The Hall–Kier alpha value is -2.92. The monoisotopic (exact) mass is 465 g/mol. The molecule has 0 spiro atoms. The van der Waals surface area contributed by atoms with E-state index in [1.807, 2.05) is 6.07 Å². The molecule has 172 valence electrons. The van der Waals surface area contributed by atoms with Gasteiger partial charge in [0.25, 0.3) is 6.43 Å². The van der Waals surface area contributed by atoms with Crippen molar-refractivity contribution in [2.24, 2.45) is 0 Å².